The van der Waals surface area contributed by atoms with Crippen LogP contribution in [0.15, 0.2) is 18.2 Å². The fourth-order valence-corrected chi connectivity index (χ4v) is 2.37. The van der Waals surface area contributed by atoms with Crippen LogP contribution in [0.3, 0.4) is 0 Å². The summed E-state index contributed by atoms with van der Waals surface area (Å²) >= 11 is 5.89. The fraction of sp³-hybridized carbons (Fsp3) is 0.417. The van der Waals surface area contributed by atoms with E-state index in [4.69, 9.17) is 16.7 Å². The van der Waals surface area contributed by atoms with Crippen molar-refractivity contribution in [2.45, 2.75) is 25.3 Å². The lowest BCUT2D eigenvalue weighted by Crippen LogP contribution is -2.16. The molecule has 0 aromatic heterocycles. The third-order valence-corrected chi connectivity index (χ3v) is 3.12. The zero-order valence-electron chi connectivity index (χ0n) is 8.87. The molecule has 16 heavy (non-hydrogen) atoms. The highest BCUT2D eigenvalue weighted by molar-refractivity contribution is 6.30. The van der Waals surface area contributed by atoms with Crippen molar-refractivity contribution in [1.82, 2.24) is 5.32 Å². The van der Waals surface area contributed by atoms with Gasteiger partial charge in [0.05, 0.1) is 6.42 Å². The molecular weight excluding hydrogens is 226 g/mol. The van der Waals surface area contributed by atoms with Crippen LogP contribution in [0.2, 0.25) is 5.02 Å². The second kappa shape index (κ2) is 4.85. The van der Waals surface area contributed by atoms with Gasteiger partial charge in [-0.2, -0.15) is 0 Å². The highest BCUT2D eigenvalue weighted by Crippen LogP contribution is 2.28. The molecule has 1 heterocycles. The summed E-state index contributed by atoms with van der Waals surface area (Å²) in [5, 5.41) is 12.8. The van der Waals surface area contributed by atoms with E-state index in [9.17, 15) is 4.79 Å². The van der Waals surface area contributed by atoms with Crippen LogP contribution in [0.5, 0.6) is 0 Å². The number of aliphatic carboxylic acids is 1. The van der Waals surface area contributed by atoms with Gasteiger partial charge in [-0.3, -0.25) is 4.79 Å². The van der Waals surface area contributed by atoms with Crippen molar-refractivity contribution in [2.24, 2.45) is 0 Å². The number of hydrogen-bond acceptors (Lipinski definition) is 2. The molecule has 0 saturated carbocycles. The number of nitrogens with one attached hydrogen (secondary N) is 1. The van der Waals surface area contributed by atoms with Crippen molar-refractivity contribution < 1.29 is 9.90 Å². The van der Waals surface area contributed by atoms with E-state index in [0.717, 1.165) is 30.5 Å². The van der Waals surface area contributed by atoms with Crippen molar-refractivity contribution in [1.29, 1.82) is 0 Å². The molecule has 1 aliphatic heterocycles. The minimum absolute atomic E-state index is 0.0358. The topological polar surface area (TPSA) is 49.3 Å². The highest BCUT2D eigenvalue weighted by Gasteiger charge is 2.20. The van der Waals surface area contributed by atoms with Crippen molar-refractivity contribution in [2.75, 3.05) is 6.54 Å². The minimum atomic E-state index is -0.818. The van der Waals surface area contributed by atoms with E-state index in [-0.39, 0.29) is 12.5 Å². The summed E-state index contributed by atoms with van der Waals surface area (Å²) in [7, 11) is 0. The standard InChI is InChI=1S/C12H14ClNO2/c13-9-3-4-10(11-2-1-5-14-11)8(6-9)7-12(15)16/h3-4,6,11,14H,1-2,5,7H2,(H,15,16)/t11-/m0/s1. The van der Waals surface area contributed by atoms with E-state index in [1.54, 1.807) is 6.07 Å². The molecule has 0 bridgehead atoms. The van der Waals surface area contributed by atoms with E-state index in [2.05, 4.69) is 5.32 Å². The van der Waals surface area contributed by atoms with Gasteiger partial charge in [-0.05, 0) is 42.6 Å². The first kappa shape index (κ1) is 11.4. The van der Waals surface area contributed by atoms with Gasteiger partial charge in [0.1, 0.15) is 0 Å². The normalized spacial score (nSPS) is 19.9. The van der Waals surface area contributed by atoms with Gasteiger partial charge in [0.15, 0.2) is 0 Å². The molecule has 2 N–H and O–H groups in total. The smallest absolute Gasteiger partial charge is 0.307 e. The second-order valence-electron chi connectivity index (χ2n) is 4.06. The van der Waals surface area contributed by atoms with E-state index in [0.29, 0.717) is 5.02 Å². The van der Waals surface area contributed by atoms with E-state index in [1.807, 2.05) is 12.1 Å². The number of benzene rings is 1. The molecule has 2 rings (SSSR count). The molecule has 1 aliphatic rings. The van der Waals surface area contributed by atoms with Crippen molar-refractivity contribution in [3.8, 4) is 0 Å². The first-order valence-corrected chi connectivity index (χ1v) is 5.78. The minimum Gasteiger partial charge on any atom is -0.481 e. The van der Waals surface area contributed by atoms with Crippen LogP contribution in [0.1, 0.15) is 30.0 Å². The van der Waals surface area contributed by atoms with Gasteiger partial charge < -0.3 is 10.4 Å². The van der Waals surface area contributed by atoms with Crippen molar-refractivity contribution in [3.05, 3.63) is 34.3 Å². The van der Waals surface area contributed by atoms with E-state index < -0.39 is 5.97 Å². The average Bonchev–Trinajstić information content (AvgIpc) is 2.69. The summed E-state index contributed by atoms with van der Waals surface area (Å²) in [5.41, 5.74) is 1.89. The lowest BCUT2D eigenvalue weighted by atomic mass is 9.97. The molecule has 1 atom stereocenters. The third-order valence-electron chi connectivity index (χ3n) is 2.88. The summed E-state index contributed by atoms with van der Waals surface area (Å²) < 4.78 is 0. The Labute approximate surface area is 99.4 Å². The molecule has 86 valence electrons. The maximum absolute atomic E-state index is 10.8. The lowest BCUT2D eigenvalue weighted by Gasteiger charge is -2.15. The molecule has 4 heteroatoms. The van der Waals surface area contributed by atoms with Gasteiger partial charge in [-0.1, -0.05) is 17.7 Å². The Hall–Kier alpha value is -1.06. The number of carbonyl (C=O) groups is 1. The van der Waals surface area contributed by atoms with Crippen LogP contribution in [-0.2, 0) is 11.2 Å². The highest BCUT2D eigenvalue weighted by atomic mass is 35.5. The molecule has 0 unspecified atom stereocenters. The number of rotatable bonds is 3. The van der Waals surface area contributed by atoms with Crippen LogP contribution in [0, 0.1) is 0 Å². The van der Waals surface area contributed by atoms with Crippen LogP contribution in [0.25, 0.3) is 0 Å². The lowest BCUT2D eigenvalue weighted by molar-refractivity contribution is -0.136. The zero-order valence-corrected chi connectivity index (χ0v) is 9.63. The Morgan fingerprint density at radius 2 is 2.38 bits per heavy atom. The SMILES string of the molecule is O=C(O)Cc1cc(Cl)ccc1[C@@H]1CCCN1. The zero-order chi connectivity index (χ0) is 11.5. The summed E-state index contributed by atoms with van der Waals surface area (Å²) in [4.78, 5) is 10.8. The van der Waals surface area contributed by atoms with Crippen LogP contribution in [0.4, 0.5) is 0 Å². The third kappa shape index (κ3) is 2.54. The number of halogens is 1. The van der Waals surface area contributed by atoms with Gasteiger partial charge in [0.25, 0.3) is 0 Å². The van der Waals surface area contributed by atoms with E-state index >= 15 is 0 Å². The Kier molecular flexibility index (Phi) is 3.46. The summed E-state index contributed by atoms with van der Waals surface area (Å²) in [6.45, 7) is 1.000. The Morgan fingerprint density at radius 1 is 1.56 bits per heavy atom. The largest absolute Gasteiger partial charge is 0.481 e. The summed E-state index contributed by atoms with van der Waals surface area (Å²) in [5.74, 6) is -0.818. The quantitative estimate of drug-likeness (QED) is 0.852. The average molecular weight is 240 g/mol. The Balaban J connectivity index is 2.30. The molecule has 0 aliphatic carbocycles. The van der Waals surface area contributed by atoms with Crippen LogP contribution in [-0.4, -0.2) is 17.6 Å². The first-order valence-electron chi connectivity index (χ1n) is 5.40. The van der Waals surface area contributed by atoms with Gasteiger partial charge in [0, 0.05) is 11.1 Å². The number of carboxylic acids is 1. The number of hydrogen-bond donors (Lipinski definition) is 2. The maximum Gasteiger partial charge on any atom is 0.307 e. The molecular formula is C12H14ClNO2. The van der Waals surface area contributed by atoms with Gasteiger partial charge in [-0.25, -0.2) is 0 Å². The van der Waals surface area contributed by atoms with Crippen LogP contribution < -0.4 is 5.32 Å². The molecule has 3 nitrogen and oxygen atoms in total. The van der Waals surface area contributed by atoms with Gasteiger partial charge in [-0.15, -0.1) is 0 Å². The van der Waals surface area contributed by atoms with Crippen molar-refractivity contribution in [3.63, 3.8) is 0 Å². The monoisotopic (exact) mass is 239 g/mol. The Morgan fingerprint density at radius 3 is 3.00 bits per heavy atom. The van der Waals surface area contributed by atoms with Gasteiger partial charge >= 0.3 is 5.97 Å². The molecule has 1 aromatic rings. The summed E-state index contributed by atoms with van der Waals surface area (Å²) in [6, 6.07) is 5.79. The predicted octanol–water partition coefficient (Wildman–Crippen LogP) is 2.39. The maximum atomic E-state index is 10.8. The first-order chi connectivity index (χ1) is 7.66. The molecule has 1 aromatic carbocycles. The molecule has 0 amide bonds. The summed E-state index contributed by atoms with van der Waals surface area (Å²) in [6.07, 6.45) is 2.24. The molecule has 1 fully saturated rings. The number of carboxylic acid groups (broad SMARTS) is 1. The predicted molar refractivity (Wildman–Crippen MR) is 62.8 cm³/mol. The van der Waals surface area contributed by atoms with Crippen molar-refractivity contribution >= 4 is 17.6 Å². The van der Waals surface area contributed by atoms with Crippen LogP contribution >= 0.6 is 11.6 Å². The fourth-order valence-electron chi connectivity index (χ4n) is 2.18. The van der Waals surface area contributed by atoms with E-state index in [1.165, 1.54) is 0 Å². The molecule has 0 spiro atoms. The second-order valence-corrected chi connectivity index (χ2v) is 4.50. The van der Waals surface area contributed by atoms with Gasteiger partial charge in [0.2, 0.25) is 0 Å². The Bertz CT molecular complexity index is 400. The molecule has 0 radical (unpaired) electrons. The molecule has 1 saturated heterocycles.